The number of benzene rings is 1. The summed E-state index contributed by atoms with van der Waals surface area (Å²) in [5.74, 6) is -1.92. The highest BCUT2D eigenvalue weighted by molar-refractivity contribution is 6.31. The van der Waals surface area contributed by atoms with Crippen LogP contribution in [0.3, 0.4) is 0 Å². The Kier molecular flexibility index (Phi) is 4.69. The lowest BCUT2D eigenvalue weighted by Crippen LogP contribution is -2.24. The van der Waals surface area contributed by atoms with Crippen LogP contribution in [0, 0.1) is 0 Å². The zero-order valence-electron chi connectivity index (χ0n) is 15.2. The van der Waals surface area contributed by atoms with Gasteiger partial charge in [-0.15, -0.1) is 0 Å². The molecule has 3 N–H and O–H groups in total. The van der Waals surface area contributed by atoms with Crippen LogP contribution in [-0.2, 0) is 6.18 Å². The highest BCUT2D eigenvalue weighted by Crippen LogP contribution is 2.35. The Morgan fingerprint density at radius 3 is 2.52 bits per heavy atom. The van der Waals surface area contributed by atoms with Gasteiger partial charge < -0.3 is 10.5 Å². The Morgan fingerprint density at radius 2 is 1.84 bits per heavy atom. The highest BCUT2D eigenvalue weighted by Gasteiger charge is 2.33. The maximum atomic E-state index is 12.8. The van der Waals surface area contributed by atoms with Crippen LogP contribution in [0.5, 0.6) is 11.6 Å². The molecule has 0 fully saturated rings. The minimum absolute atomic E-state index is 0.0824. The van der Waals surface area contributed by atoms with E-state index in [9.17, 15) is 27.6 Å². The number of nitrogens with zero attached hydrogens (tertiary/aromatic N) is 2. The van der Waals surface area contributed by atoms with E-state index in [0.29, 0.717) is 12.3 Å². The lowest BCUT2D eigenvalue weighted by Gasteiger charge is -2.14. The van der Waals surface area contributed by atoms with Crippen molar-refractivity contribution in [3.63, 3.8) is 0 Å². The molecule has 0 bridgehead atoms. The molecule has 0 unspecified atom stereocenters. The van der Waals surface area contributed by atoms with Crippen LogP contribution in [0.2, 0.25) is 5.02 Å². The Labute approximate surface area is 176 Å². The van der Waals surface area contributed by atoms with E-state index in [-0.39, 0.29) is 39.3 Å². The number of ether oxygens (including phenoxy) is 1. The number of halogens is 4. The van der Waals surface area contributed by atoms with Crippen molar-refractivity contribution < 1.29 is 27.5 Å². The van der Waals surface area contributed by atoms with Gasteiger partial charge >= 0.3 is 6.18 Å². The van der Waals surface area contributed by atoms with E-state index in [1.54, 1.807) is 0 Å². The first kappa shape index (κ1) is 20.4. The lowest BCUT2D eigenvalue weighted by molar-refractivity contribution is -0.137. The quantitative estimate of drug-likeness (QED) is 0.592. The Balaban J connectivity index is 1.73. The van der Waals surface area contributed by atoms with E-state index in [4.69, 9.17) is 22.1 Å². The molecule has 0 spiro atoms. The van der Waals surface area contributed by atoms with Crippen molar-refractivity contribution in [1.29, 1.82) is 0 Å². The summed E-state index contributed by atoms with van der Waals surface area (Å²) in [7, 11) is 0. The molecule has 1 aromatic carbocycles. The number of nitrogens with one attached hydrogen (secondary N) is 1. The molecule has 158 valence electrons. The molecule has 2 aromatic heterocycles. The number of pyridine rings is 2. The molecule has 31 heavy (non-hydrogen) atoms. The third kappa shape index (κ3) is 3.59. The van der Waals surface area contributed by atoms with Crippen LogP contribution >= 0.6 is 11.6 Å². The van der Waals surface area contributed by atoms with Gasteiger partial charge in [0, 0.05) is 18.3 Å². The number of nitrogen functional groups attached to an aromatic ring is 1. The number of hydrogen-bond donors (Lipinski definition) is 2. The summed E-state index contributed by atoms with van der Waals surface area (Å²) in [6.07, 6.45) is -4.04. The van der Waals surface area contributed by atoms with Gasteiger partial charge in [-0.2, -0.15) is 13.2 Å². The molecule has 1 aliphatic rings. The zero-order chi connectivity index (χ0) is 22.5. The van der Waals surface area contributed by atoms with Gasteiger partial charge in [-0.3, -0.25) is 24.3 Å². The first-order valence-electron chi connectivity index (χ1n) is 8.48. The maximum Gasteiger partial charge on any atom is 0.417 e. The minimum atomic E-state index is -4.62. The Morgan fingerprint density at radius 1 is 1.10 bits per heavy atom. The average molecular weight is 451 g/mol. The molecule has 3 heterocycles. The van der Waals surface area contributed by atoms with Gasteiger partial charge in [0.25, 0.3) is 17.4 Å². The number of alkyl halides is 3. The largest absolute Gasteiger partial charge is 0.437 e. The van der Waals surface area contributed by atoms with E-state index in [0.717, 1.165) is 10.6 Å². The van der Waals surface area contributed by atoms with Crippen molar-refractivity contribution >= 4 is 29.2 Å². The highest BCUT2D eigenvalue weighted by atomic mass is 35.5. The predicted molar refractivity (Wildman–Crippen MR) is 103 cm³/mol. The topological polar surface area (TPSA) is 116 Å². The van der Waals surface area contributed by atoms with Crippen molar-refractivity contribution in [2.75, 3.05) is 5.73 Å². The number of aromatic nitrogens is 2. The van der Waals surface area contributed by atoms with Gasteiger partial charge in [-0.25, -0.2) is 4.98 Å². The van der Waals surface area contributed by atoms with Crippen LogP contribution in [-0.4, -0.2) is 21.4 Å². The zero-order valence-corrected chi connectivity index (χ0v) is 15.9. The number of nitrogens with two attached hydrogens (primary N) is 1. The van der Waals surface area contributed by atoms with Gasteiger partial charge in [0.1, 0.15) is 16.6 Å². The fourth-order valence-electron chi connectivity index (χ4n) is 3.00. The van der Waals surface area contributed by atoms with Crippen molar-refractivity contribution in [2.45, 2.75) is 6.18 Å². The van der Waals surface area contributed by atoms with Crippen LogP contribution in [0.25, 0.3) is 5.69 Å². The summed E-state index contributed by atoms with van der Waals surface area (Å²) in [5.41, 5.74) is 4.17. The number of fused-ring (bicyclic) bond motifs is 1. The van der Waals surface area contributed by atoms with Gasteiger partial charge in [-0.1, -0.05) is 17.7 Å². The van der Waals surface area contributed by atoms with Gasteiger partial charge in [-0.05, 0) is 18.2 Å². The molecule has 2 amide bonds. The van der Waals surface area contributed by atoms with Gasteiger partial charge in [0.05, 0.1) is 22.4 Å². The van der Waals surface area contributed by atoms with E-state index in [1.807, 2.05) is 0 Å². The minimum Gasteiger partial charge on any atom is -0.437 e. The summed E-state index contributed by atoms with van der Waals surface area (Å²) < 4.78 is 44.7. The number of amides is 2. The Bertz CT molecular complexity index is 1320. The number of anilines is 1. The molecule has 12 heteroatoms. The first-order valence-corrected chi connectivity index (χ1v) is 8.86. The molecule has 3 aromatic rings. The molecule has 8 nitrogen and oxygen atoms in total. The smallest absolute Gasteiger partial charge is 0.417 e. The number of carbonyl (C=O) groups excluding carboxylic acids is 2. The molecule has 1 aliphatic heterocycles. The second-order valence-corrected chi connectivity index (χ2v) is 6.79. The fraction of sp³-hybridized carbons (Fsp3) is 0.0526. The number of rotatable bonds is 3. The maximum absolute atomic E-state index is 12.8. The normalized spacial score (nSPS) is 13.2. The van der Waals surface area contributed by atoms with Crippen LogP contribution in [0.1, 0.15) is 26.3 Å². The fourth-order valence-corrected chi connectivity index (χ4v) is 3.20. The van der Waals surface area contributed by atoms with E-state index in [2.05, 4.69) is 10.3 Å². The average Bonchev–Trinajstić information content (AvgIpc) is 2.96. The third-order valence-corrected chi connectivity index (χ3v) is 4.65. The van der Waals surface area contributed by atoms with Crippen molar-refractivity contribution in [3.05, 3.63) is 74.7 Å². The molecular formula is C19H10ClF3N4O4. The molecule has 0 radical (unpaired) electrons. The van der Waals surface area contributed by atoms with Crippen LogP contribution in [0.15, 0.2) is 47.4 Å². The van der Waals surface area contributed by atoms with Gasteiger partial charge in [0.15, 0.2) is 0 Å². The second kappa shape index (κ2) is 7.13. The Hall–Kier alpha value is -3.86. The van der Waals surface area contributed by atoms with Crippen molar-refractivity contribution in [3.8, 4) is 17.3 Å². The predicted octanol–water partition coefficient (Wildman–Crippen LogP) is 3.16. The van der Waals surface area contributed by atoms with Crippen LogP contribution in [0.4, 0.5) is 19.0 Å². The van der Waals surface area contributed by atoms with E-state index in [1.165, 1.54) is 24.3 Å². The van der Waals surface area contributed by atoms with E-state index < -0.39 is 29.1 Å². The molecule has 0 atom stereocenters. The molecular weight excluding hydrogens is 441 g/mol. The first-order chi connectivity index (χ1) is 14.6. The molecule has 0 aliphatic carbocycles. The monoisotopic (exact) mass is 450 g/mol. The lowest BCUT2D eigenvalue weighted by atomic mass is 10.1. The van der Waals surface area contributed by atoms with Crippen molar-refractivity contribution in [2.24, 2.45) is 0 Å². The second-order valence-electron chi connectivity index (χ2n) is 6.38. The van der Waals surface area contributed by atoms with Crippen molar-refractivity contribution in [1.82, 2.24) is 14.9 Å². The summed E-state index contributed by atoms with van der Waals surface area (Å²) in [6.45, 7) is 0. The molecule has 0 saturated heterocycles. The molecule has 0 saturated carbocycles. The molecule has 4 rings (SSSR count). The number of hydrogen-bond acceptors (Lipinski definition) is 6. The van der Waals surface area contributed by atoms with E-state index >= 15 is 0 Å². The number of carbonyl (C=O) groups is 2. The summed E-state index contributed by atoms with van der Waals surface area (Å²) in [4.78, 5) is 39.8. The summed E-state index contributed by atoms with van der Waals surface area (Å²) in [6, 6.07) is 7.40. The number of imide groups is 1. The SMILES string of the molecule is Nc1c2c(cc(=O)n1-c1cccc(Oc3ncc(C(F)(F)F)cc3Cl)c1)C(=O)NC2=O. The van der Waals surface area contributed by atoms with Crippen LogP contribution < -0.4 is 21.3 Å². The van der Waals surface area contributed by atoms with Gasteiger partial charge in [0.2, 0.25) is 5.88 Å². The summed E-state index contributed by atoms with van der Waals surface area (Å²) >= 11 is 5.85. The standard InChI is InChI=1S/C19H10ClF3N4O4/c20-12-4-8(19(21,22)23)7-25-18(12)31-10-3-1-2-9(5-10)27-13(28)6-11-14(15(27)24)17(30)26-16(11)29/h1-7H,24H2,(H,26,29,30). The summed E-state index contributed by atoms with van der Waals surface area (Å²) in [5, 5.41) is 1.69. The third-order valence-electron chi connectivity index (χ3n) is 4.38.